The smallest absolute Gasteiger partial charge is 0.308 e. The second-order valence-electron chi connectivity index (χ2n) is 6.35. The summed E-state index contributed by atoms with van der Waals surface area (Å²) in [6.07, 6.45) is 3.76. The Bertz CT molecular complexity index is 806. The second-order valence-corrected chi connectivity index (χ2v) is 6.35. The molecule has 2 aromatic heterocycles. The number of aromatic nitrogens is 2. The minimum absolute atomic E-state index is 0.0497. The highest BCUT2D eigenvalue weighted by Crippen LogP contribution is 2.26. The Balaban J connectivity index is 1.89. The van der Waals surface area contributed by atoms with Gasteiger partial charge in [-0.1, -0.05) is 6.92 Å². The van der Waals surface area contributed by atoms with Gasteiger partial charge in [-0.05, 0) is 38.3 Å². The zero-order chi connectivity index (χ0) is 18.7. The first-order valence-corrected chi connectivity index (χ1v) is 9.10. The fourth-order valence-corrected chi connectivity index (χ4v) is 3.47. The van der Waals surface area contributed by atoms with Gasteiger partial charge < -0.3 is 14.4 Å². The van der Waals surface area contributed by atoms with E-state index in [-0.39, 0.29) is 17.8 Å². The third-order valence-electron chi connectivity index (χ3n) is 4.84. The number of rotatable bonds is 5. The minimum Gasteiger partial charge on any atom is -0.490 e. The molecule has 7 nitrogen and oxygen atoms in total. The molecule has 1 aliphatic heterocycles. The number of aryl methyl sites for hydroxylation is 1. The van der Waals surface area contributed by atoms with Crippen molar-refractivity contribution >= 4 is 17.5 Å². The monoisotopic (exact) mass is 359 g/mol. The summed E-state index contributed by atoms with van der Waals surface area (Å²) in [6.45, 7) is 5.53. The molecule has 0 N–H and O–H groups in total. The van der Waals surface area contributed by atoms with E-state index in [1.807, 2.05) is 36.6 Å². The molecule has 1 fully saturated rings. The van der Waals surface area contributed by atoms with Gasteiger partial charge in [-0.25, -0.2) is 4.98 Å². The number of ether oxygens (including phenoxy) is 2. The first kappa shape index (κ1) is 18.2. The van der Waals surface area contributed by atoms with Gasteiger partial charge in [0.25, 0.3) is 5.91 Å². The van der Waals surface area contributed by atoms with Crippen LogP contribution in [0.4, 0.5) is 0 Å². The fraction of sp³-hybridized carbons (Fsp3) is 0.526. The quantitative estimate of drug-likeness (QED) is 0.766. The van der Waals surface area contributed by atoms with Gasteiger partial charge >= 0.3 is 5.97 Å². The molecule has 0 unspecified atom stereocenters. The van der Waals surface area contributed by atoms with E-state index in [0.717, 1.165) is 5.69 Å². The van der Waals surface area contributed by atoms with E-state index in [9.17, 15) is 9.59 Å². The molecule has 3 heterocycles. The van der Waals surface area contributed by atoms with Crippen molar-refractivity contribution in [1.29, 1.82) is 0 Å². The third kappa shape index (κ3) is 3.25. The van der Waals surface area contributed by atoms with E-state index in [1.165, 1.54) is 7.11 Å². The highest BCUT2D eigenvalue weighted by molar-refractivity contribution is 5.95. The topological polar surface area (TPSA) is 73.1 Å². The molecule has 0 aromatic carbocycles. The Morgan fingerprint density at radius 2 is 2.00 bits per heavy atom. The van der Waals surface area contributed by atoms with Gasteiger partial charge in [0.1, 0.15) is 5.69 Å². The number of fused-ring (bicyclic) bond motifs is 1. The van der Waals surface area contributed by atoms with Crippen molar-refractivity contribution in [3.63, 3.8) is 0 Å². The summed E-state index contributed by atoms with van der Waals surface area (Å²) in [4.78, 5) is 31.3. The number of imidazole rings is 1. The van der Waals surface area contributed by atoms with Gasteiger partial charge in [0.15, 0.2) is 11.4 Å². The first-order chi connectivity index (χ1) is 12.6. The van der Waals surface area contributed by atoms with Crippen LogP contribution in [-0.2, 0) is 16.0 Å². The standard InChI is InChI=1S/C19H25N3O4/c1-4-14-16(22-10-6-7-15(26-5-2)17(22)20-14)18(23)21-11-8-13(9-12-21)19(24)25-3/h6-7,10,13H,4-5,8-9,11-12H2,1-3H3. The Hall–Kier alpha value is -2.57. The number of pyridine rings is 1. The number of likely N-dealkylation sites (tertiary alicyclic amines) is 1. The number of esters is 1. The molecule has 2 aromatic rings. The summed E-state index contributed by atoms with van der Waals surface area (Å²) in [5.41, 5.74) is 2.01. The van der Waals surface area contributed by atoms with Crippen molar-refractivity contribution in [2.24, 2.45) is 5.92 Å². The lowest BCUT2D eigenvalue weighted by atomic mass is 9.97. The van der Waals surface area contributed by atoms with Crippen LogP contribution in [-0.4, -0.2) is 53.0 Å². The summed E-state index contributed by atoms with van der Waals surface area (Å²) in [5, 5.41) is 0. The number of carbonyl (C=O) groups is 2. The largest absolute Gasteiger partial charge is 0.490 e. The number of methoxy groups -OCH3 is 1. The maximum absolute atomic E-state index is 13.2. The van der Waals surface area contributed by atoms with Crippen LogP contribution in [0.5, 0.6) is 5.75 Å². The van der Waals surface area contributed by atoms with Crippen LogP contribution >= 0.6 is 0 Å². The zero-order valence-corrected chi connectivity index (χ0v) is 15.5. The lowest BCUT2D eigenvalue weighted by Gasteiger charge is -2.30. The summed E-state index contributed by atoms with van der Waals surface area (Å²) in [7, 11) is 1.40. The molecule has 3 rings (SSSR count). The first-order valence-electron chi connectivity index (χ1n) is 9.10. The summed E-state index contributed by atoms with van der Waals surface area (Å²) in [6, 6.07) is 3.72. The van der Waals surface area contributed by atoms with Crippen LogP contribution in [0.25, 0.3) is 5.65 Å². The molecule has 1 aliphatic rings. The molecule has 0 spiro atoms. The predicted octanol–water partition coefficient (Wildman–Crippen LogP) is 2.32. The highest BCUT2D eigenvalue weighted by Gasteiger charge is 2.31. The zero-order valence-electron chi connectivity index (χ0n) is 15.5. The number of hydrogen-bond donors (Lipinski definition) is 0. The van der Waals surface area contributed by atoms with Crippen LogP contribution in [0.15, 0.2) is 18.3 Å². The molecule has 0 atom stereocenters. The lowest BCUT2D eigenvalue weighted by Crippen LogP contribution is -2.41. The molecule has 0 aliphatic carbocycles. The number of piperidine rings is 1. The number of hydrogen-bond acceptors (Lipinski definition) is 5. The molecular formula is C19H25N3O4. The molecule has 26 heavy (non-hydrogen) atoms. The van der Waals surface area contributed by atoms with Crippen molar-refractivity contribution in [1.82, 2.24) is 14.3 Å². The maximum Gasteiger partial charge on any atom is 0.308 e. The van der Waals surface area contributed by atoms with E-state index in [0.29, 0.717) is 56.0 Å². The van der Waals surface area contributed by atoms with Crippen LogP contribution in [0.1, 0.15) is 42.9 Å². The molecule has 1 saturated heterocycles. The van der Waals surface area contributed by atoms with Crippen molar-refractivity contribution in [2.75, 3.05) is 26.8 Å². The Morgan fingerprint density at radius 1 is 1.27 bits per heavy atom. The molecule has 0 bridgehead atoms. The van der Waals surface area contributed by atoms with E-state index >= 15 is 0 Å². The lowest BCUT2D eigenvalue weighted by molar-refractivity contribution is -0.146. The van der Waals surface area contributed by atoms with E-state index in [4.69, 9.17) is 9.47 Å². The minimum atomic E-state index is -0.192. The SMILES string of the molecule is CCOc1cccn2c(C(=O)N3CCC(C(=O)OC)CC3)c(CC)nc12. The number of nitrogens with zero attached hydrogens (tertiary/aromatic N) is 3. The Kier molecular flexibility index (Phi) is 5.44. The van der Waals surface area contributed by atoms with E-state index < -0.39 is 0 Å². The second kappa shape index (κ2) is 7.76. The fourth-order valence-electron chi connectivity index (χ4n) is 3.47. The molecular weight excluding hydrogens is 334 g/mol. The van der Waals surface area contributed by atoms with Crippen LogP contribution in [0, 0.1) is 5.92 Å². The number of carbonyl (C=O) groups excluding carboxylic acids is 2. The molecule has 7 heteroatoms. The molecule has 140 valence electrons. The summed E-state index contributed by atoms with van der Waals surface area (Å²) < 4.78 is 12.3. The van der Waals surface area contributed by atoms with Gasteiger partial charge in [0, 0.05) is 19.3 Å². The Morgan fingerprint density at radius 3 is 2.62 bits per heavy atom. The van der Waals surface area contributed by atoms with Crippen molar-refractivity contribution in [2.45, 2.75) is 33.1 Å². The predicted molar refractivity (Wildman–Crippen MR) is 96.4 cm³/mol. The van der Waals surface area contributed by atoms with Crippen molar-refractivity contribution in [3.05, 3.63) is 29.7 Å². The van der Waals surface area contributed by atoms with E-state index in [2.05, 4.69) is 4.98 Å². The highest BCUT2D eigenvalue weighted by atomic mass is 16.5. The summed E-state index contributed by atoms with van der Waals surface area (Å²) >= 11 is 0. The van der Waals surface area contributed by atoms with Gasteiger partial charge in [-0.15, -0.1) is 0 Å². The van der Waals surface area contributed by atoms with Crippen LogP contribution in [0.3, 0.4) is 0 Å². The maximum atomic E-state index is 13.2. The number of amides is 1. The molecule has 0 radical (unpaired) electrons. The molecule has 0 saturated carbocycles. The summed E-state index contributed by atoms with van der Waals surface area (Å²) in [5.74, 6) is 0.309. The van der Waals surface area contributed by atoms with E-state index in [1.54, 1.807) is 4.90 Å². The van der Waals surface area contributed by atoms with Crippen LogP contribution < -0.4 is 4.74 Å². The van der Waals surface area contributed by atoms with Gasteiger partial charge in [-0.3, -0.25) is 14.0 Å². The third-order valence-corrected chi connectivity index (χ3v) is 4.84. The average Bonchev–Trinajstić information content (AvgIpc) is 3.06. The van der Waals surface area contributed by atoms with Crippen molar-refractivity contribution in [3.8, 4) is 5.75 Å². The van der Waals surface area contributed by atoms with Crippen LogP contribution in [0.2, 0.25) is 0 Å². The Labute approximate surface area is 152 Å². The van der Waals surface area contributed by atoms with Crippen molar-refractivity contribution < 1.29 is 19.1 Å². The van der Waals surface area contributed by atoms with Gasteiger partial charge in [-0.2, -0.15) is 0 Å². The average molecular weight is 359 g/mol. The van der Waals surface area contributed by atoms with Gasteiger partial charge in [0.05, 0.1) is 25.3 Å². The van der Waals surface area contributed by atoms with Gasteiger partial charge in [0.2, 0.25) is 0 Å². The molecule has 1 amide bonds. The normalized spacial score (nSPS) is 15.3.